The molecule has 1 atom stereocenters. The van der Waals surface area contributed by atoms with Gasteiger partial charge in [-0.15, -0.1) is 0 Å². The van der Waals surface area contributed by atoms with Crippen molar-refractivity contribution in [2.45, 2.75) is 44.7 Å². The molecule has 2 amide bonds. The zero-order valence-electron chi connectivity index (χ0n) is 22.8. The van der Waals surface area contributed by atoms with Crippen molar-refractivity contribution in [3.8, 4) is 0 Å². The Hall–Kier alpha value is -4.25. The van der Waals surface area contributed by atoms with Crippen LogP contribution in [0.1, 0.15) is 32.8 Å². The first kappa shape index (κ1) is 30.3. The van der Waals surface area contributed by atoms with Crippen molar-refractivity contribution >= 4 is 33.2 Å². The molecule has 0 heterocycles. The molecule has 0 fully saturated rings. The molecule has 0 saturated heterocycles. The minimum absolute atomic E-state index is 0.0385. The maximum absolute atomic E-state index is 14.0. The molecule has 11 heteroatoms. The van der Waals surface area contributed by atoms with Crippen molar-refractivity contribution < 1.29 is 22.9 Å². The largest absolute Gasteiger partial charge is 0.354 e. The van der Waals surface area contributed by atoms with Gasteiger partial charge in [0.1, 0.15) is 12.6 Å². The van der Waals surface area contributed by atoms with Gasteiger partial charge in [0, 0.05) is 25.2 Å². The molecule has 3 aromatic carbocycles. The number of hydrogen-bond acceptors (Lipinski definition) is 6. The fraction of sp³-hybridized carbons (Fsp3) is 0.310. The quantitative estimate of drug-likeness (QED) is 0.242. The maximum atomic E-state index is 14.0. The highest BCUT2D eigenvalue weighted by Crippen LogP contribution is 2.27. The Morgan fingerprint density at radius 2 is 1.57 bits per heavy atom. The summed E-state index contributed by atoms with van der Waals surface area (Å²) in [6.07, 6.45) is 0.296. The number of nitrogens with one attached hydrogen (secondary N) is 1. The number of anilines is 1. The summed E-state index contributed by atoms with van der Waals surface area (Å²) in [7, 11) is -4.31. The molecular formula is C29H34N4O6S. The van der Waals surface area contributed by atoms with E-state index in [1.807, 2.05) is 44.2 Å². The first-order valence-electron chi connectivity index (χ1n) is 13.0. The summed E-state index contributed by atoms with van der Waals surface area (Å²) in [5.74, 6) is -0.769. The molecule has 1 N–H and O–H groups in total. The van der Waals surface area contributed by atoms with Crippen LogP contribution in [0.5, 0.6) is 0 Å². The number of nitrogens with zero attached hydrogens (tertiary/aromatic N) is 3. The third kappa shape index (κ3) is 7.66. The smallest absolute Gasteiger partial charge is 0.271 e. The molecule has 0 spiro atoms. The van der Waals surface area contributed by atoms with Crippen LogP contribution >= 0.6 is 0 Å². The van der Waals surface area contributed by atoms with Crippen molar-refractivity contribution in [3.63, 3.8) is 0 Å². The van der Waals surface area contributed by atoms with Crippen LogP contribution in [-0.2, 0) is 26.2 Å². The van der Waals surface area contributed by atoms with Crippen LogP contribution in [0.25, 0.3) is 0 Å². The Balaban J connectivity index is 2.06. The molecule has 3 aromatic rings. The molecule has 0 aliphatic carbocycles. The second kappa shape index (κ2) is 13.7. The highest BCUT2D eigenvalue weighted by Gasteiger charge is 2.34. The van der Waals surface area contributed by atoms with E-state index in [2.05, 4.69) is 5.32 Å². The molecule has 0 saturated carbocycles. The number of carbonyl (C=O) groups is 2. The molecule has 212 valence electrons. The molecule has 3 rings (SSSR count). The lowest BCUT2D eigenvalue weighted by Gasteiger charge is -2.33. The number of hydrogen-bond donors (Lipinski definition) is 1. The van der Waals surface area contributed by atoms with E-state index < -0.39 is 33.4 Å². The van der Waals surface area contributed by atoms with E-state index in [1.54, 1.807) is 25.1 Å². The van der Waals surface area contributed by atoms with Gasteiger partial charge < -0.3 is 10.2 Å². The van der Waals surface area contributed by atoms with Crippen LogP contribution in [0, 0.1) is 16.0 Å². The predicted molar refractivity (Wildman–Crippen MR) is 153 cm³/mol. The Labute approximate surface area is 234 Å². The van der Waals surface area contributed by atoms with Gasteiger partial charge in [0.2, 0.25) is 11.8 Å². The minimum Gasteiger partial charge on any atom is -0.354 e. The Bertz CT molecular complexity index is 1410. The van der Waals surface area contributed by atoms with E-state index in [4.69, 9.17) is 0 Å². The number of non-ortho nitro benzene ring substituents is 1. The lowest BCUT2D eigenvalue weighted by Crippen LogP contribution is -2.52. The Morgan fingerprint density at radius 3 is 2.15 bits per heavy atom. The molecule has 0 aliphatic rings. The van der Waals surface area contributed by atoms with Crippen molar-refractivity contribution in [2.24, 2.45) is 5.92 Å². The molecule has 1 unspecified atom stereocenters. The number of nitro benzene ring substituents is 1. The summed E-state index contributed by atoms with van der Waals surface area (Å²) in [4.78, 5) is 39.3. The van der Waals surface area contributed by atoms with Gasteiger partial charge in [0.05, 0.1) is 15.5 Å². The van der Waals surface area contributed by atoms with Crippen molar-refractivity contribution in [1.29, 1.82) is 0 Å². The fourth-order valence-corrected chi connectivity index (χ4v) is 5.56. The van der Waals surface area contributed by atoms with E-state index in [-0.39, 0.29) is 34.6 Å². The second-order valence-electron chi connectivity index (χ2n) is 9.67. The van der Waals surface area contributed by atoms with E-state index in [0.29, 0.717) is 13.0 Å². The van der Waals surface area contributed by atoms with Gasteiger partial charge in [-0.05, 0) is 36.1 Å². The monoisotopic (exact) mass is 566 g/mol. The van der Waals surface area contributed by atoms with Crippen LogP contribution in [0.4, 0.5) is 11.4 Å². The molecular weight excluding hydrogens is 532 g/mol. The highest BCUT2D eigenvalue weighted by molar-refractivity contribution is 7.92. The Morgan fingerprint density at radius 1 is 0.950 bits per heavy atom. The number of nitro groups is 1. The normalized spacial score (nSPS) is 12.0. The van der Waals surface area contributed by atoms with Crippen LogP contribution in [-0.4, -0.2) is 49.2 Å². The standard InChI is InChI=1S/C29H34N4O6S/c1-4-27(29(35)30-19-22(2)3)31(20-23-12-7-5-8-13-23)28(34)21-32(24-14-11-15-25(18-24)33(36)37)40(38,39)26-16-9-6-10-17-26/h5-18,22,27H,4,19-21H2,1-3H3,(H,30,35). The Kier molecular flexibility index (Phi) is 10.4. The van der Waals surface area contributed by atoms with Crippen LogP contribution in [0.3, 0.4) is 0 Å². The number of carbonyl (C=O) groups excluding carboxylic acids is 2. The average Bonchev–Trinajstić information content (AvgIpc) is 2.95. The molecule has 0 radical (unpaired) electrons. The first-order chi connectivity index (χ1) is 19.0. The molecule has 0 aliphatic heterocycles. The number of sulfonamides is 1. The lowest BCUT2D eigenvalue weighted by atomic mass is 10.1. The van der Waals surface area contributed by atoms with Gasteiger partial charge >= 0.3 is 0 Å². The van der Waals surface area contributed by atoms with Crippen molar-refractivity contribution in [2.75, 3.05) is 17.4 Å². The third-order valence-corrected chi connectivity index (χ3v) is 7.99. The van der Waals surface area contributed by atoms with Gasteiger partial charge in [-0.3, -0.25) is 24.0 Å². The van der Waals surface area contributed by atoms with Crippen molar-refractivity contribution in [3.05, 3.63) is 101 Å². The number of rotatable bonds is 13. The topological polar surface area (TPSA) is 130 Å². The SMILES string of the molecule is CCC(C(=O)NCC(C)C)N(Cc1ccccc1)C(=O)CN(c1cccc([N+](=O)[O-])c1)S(=O)(=O)c1ccccc1. The zero-order valence-corrected chi connectivity index (χ0v) is 23.6. The summed E-state index contributed by atoms with van der Waals surface area (Å²) in [6.45, 7) is 5.52. The summed E-state index contributed by atoms with van der Waals surface area (Å²) in [5, 5.41) is 14.3. The van der Waals surface area contributed by atoms with E-state index in [0.717, 1.165) is 15.9 Å². The van der Waals surface area contributed by atoms with E-state index >= 15 is 0 Å². The first-order valence-corrected chi connectivity index (χ1v) is 14.4. The molecule has 40 heavy (non-hydrogen) atoms. The molecule has 10 nitrogen and oxygen atoms in total. The van der Waals surface area contributed by atoms with Gasteiger partial charge in [-0.2, -0.15) is 0 Å². The van der Waals surface area contributed by atoms with Crippen LogP contribution in [0.2, 0.25) is 0 Å². The van der Waals surface area contributed by atoms with Crippen LogP contribution in [0.15, 0.2) is 89.8 Å². The summed E-state index contributed by atoms with van der Waals surface area (Å²) in [5.41, 5.74) is 0.404. The number of amides is 2. The predicted octanol–water partition coefficient (Wildman–Crippen LogP) is 4.37. The highest BCUT2D eigenvalue weighted by atomic mass is 32.2. The maximum Gasteiger partial charge on any atom is 0.271 e. The van der Waals surface area contributed by atoms with Gasteiger partial charge in [0.25, 0.3) is 15.7 Å². The van der Waals surface area contributed by atoms with Crippen molar-refractivity contribution in [1.82, 2.24) is 10.2 Å². The zero-order chi connectivity index (χ0) is 29.3. The lowest BCUT2D eigenvalue weighted by molar-refractivity contribution is -0.384. The van der Waals surface area contributed by atoms with Gasteiger partial charge in [-0.1, -0.05) is 75.4 Å². The number of benzene rings is 3. The van der Waals surface area contributed by atoms with E-state index in [9.17, 15) is 28.1 Å². The molecule has 0 aromatic heterocycles. The molecule has 0 bridgehead atoms. The average molecular weight is 567 g/mol. The second-order valence-corrected chi connectivity index (χ2v) is 11.5. The summed E-state index contributed by atoms with van der Waals surface area (Å²) in [6, 6.07) is 20.9. The summed E-state index contributed by atoms with van der Waals surface area (Å²) >= 11 is 0. The van der Waals surface area contributed by atoms with Gasteiger partial charge in [0.15, 0.2) is 0 Å². The van der Waals surface area contributed by atoms with E-state index in [1.165, 1.54) is 35.2 Å². The third-order valence-electron chi connectivity index (χ3n) is 6.20. The van der Waals surface area contributed by atoms with Crippen LogP contribution < -0.4 is 9.62 Å². The summed E-state index contributed by atoms with van der Waals surface area (Å²) < 4.78 is 28.4. The fourth-order valence-electron chi connectivity index (χ4n) is 4.13. The van der Waals surface area contributed by atoms with Gasteiger partial charge in [-0.25, -0.2) is 8.42 Å². The minimum atomic E-state index is -4.31.